The third kappa shape index (κ3) is 2.00. The van der Waals surface area contributed by atoms with Gasteiger partial charge in [0.25, 0.3) is 5.69 Å². The molecule has 0 atom stereocenters. The number of H-pyrrole nitrogens is 2. The zero-order valence-corrected chi connectivity index (χ0v) is 9.15. The lowest BCUT2D eigenvalue weighted by molar-refractivity contribution is -0.384. The van der Waals surface area contributed by atoms with Gasteiger partial charge < -0.3 is 15.3 Å². The molecule has 8 nitrogen and oxygen atoms in total. The average molecular weight is 249 g/mol. The van der Waals surface area contributed by atoms with Crippen molar-refractivity contribution in [2.45, 2.75) is 6.54 Å². The summed E-state index contributed by atoms with van der Waals surface area (Å²) in [6, 6.07) is 2.51. The van der Waals surface area contributed by atoms with Crippen LogP contribution in [0.25, 0.3) is 11.0 Å². The zero-order chi connectivity index (χ0) is 13.3. The summed E-state index contributed by atoms with van der Waals surface area (Å²) in [6.45, 7) is 0.222. The summed E-state index contributed by atoms with van der Waals surface area (Å²) in [7, 11) is 3.42. The predicted octanol–water partition coefficient (Wildman–Crippen LogP) is 0.00579. The third-order valence-corrected chi connectivity index (χ3v) is 2.42. The summed E-state index contributed by atoms with van der Waals surface area (Å²) in [4.78, 5) is 37.3. The van der Waals surface area contributed by atoms with E-state index in [0.29, 0.717) is 11.1 Å². The molecule has 1 heterocycles. The van der Waals surface area contributed by atoms with Crippen molar-refractivity contribution in [2.75, 3.05) is 0 Å². The van der Waals surface area contributed by atoms with E-state index in [1.165, 1.54) is 12.1 Å². The lowest BCUT2D eigenvalue weighted by Gasteiger charge is -2.05. The fourth-order valence-electron chi connectivity index (χ4n) is 1.66. The van der Waals surface area contributed by atoms with Crippen molar-refractivity contribution in [1.29, 1.82) is 0 Å². The molecule has 8 heteroatoms. The molecule has 0 fully saturated rings. The van der Waals surface area contributed by atoms with E-state index in [-0.39, 0.29) is 17.7 Å². The molecule has 93 valence electrons. The van der Waals surface area contributed by atoms with Crippen molar-refractivity contribution in [3.63, 3.8) is 0 Å². The second-order valence-corrected chi connectivity index (χ2v) is 3.62. The molecule has 0 aliphatic rings. The maximum atomic E-state index is 11.2. The Morgan fingerprint density at radius 3 is 2.56 bits per heavy atom. The van der Waals surface area contributed by atoms with Gasteiger partial charge in [-0.15, -0.1) is 0 Å². The van der Waals surface area contributed by atoms with Crippen molar-refractivity contribution in [2.24, 2.45) is 0 Å². The van der Waals surface area contributed by atoms with Gasteiger partial charge in [-0.25, -0.2) is 0 Å². The van der Waals surface area contributed by atoms with Crippen LogP contribution in [0.1, 0.15) is 5.56 Å². The van der Waals surface area contributed by atoms with Gasteiger partial charge >= 0.3 is 11.1 Å². The van der Waals surface area contributed by atoms with E-state index < -0.39 is 16.0 Å². The minimum Gasteiger partial charge on any atom is -0.316 e. The van der Waals surface area contributed by atoms with Gasteiger partial charge in [0.2, 0.25) is 0 Å². The lowest BCUT2D eigenvalue weighted by atomic mass is 10.1. The number of rotatable bonds is 3. The monoisotopic (exact) mass is 249 g/mol. The Labute approximate surface area is 99.8 Å². The van der Waals surface area contributed by atoms with Crippen LogP contribution in [0.4, 0.5) is 5.69 Å². The first-order valence-corrected chi connectivity index (χ1v) is 4.96. The molecule has 2 rings (SSSR count). The van der Waals surface area contributed by atoms with Gasteiger partial charge in [0, 0.05) is 25.7 Å². The van der Waals surface area contributed by atoms with Crippen molar-refractivity contribution < 1.29 is 4.92 Å². The Bertz CT molecular complexity index is 731. The topological polar surface area (TPSA) is 121 Å². The summed E-state index contributed by atoms with van der Waals surface area (Å²) >= 11 is 0. The van der Waals surface area contributed by atoms with Crippen LogP contribution in [-0.4, -0.2) is 14.9 Å². The molecule has 1 aromatic carbocycles. The van der Waals surface area contributed by atoms with Gasteiger partial charge in [0.1, 0.15) is 0 Å². The molecule has 0 unspecified atom stereocenters. The second kappa shape index (κ2) is 4.41. The second-order valence-electron chi connectivity index (χ2n) is 3.62. The van der Waals surface area contributed by atoms with Crippen molar-refractivity contribution in [3.8, 4) is 0 Å². The van der Waals surface area contributed by atoms with Crippen LogP contribution >= 0.6 is 0 Å². The minimum absolute atomic E-state index is 0.171. The number of benzene rings is 1. The molecule has 18 heavy (non-hydrogen) atoms. The van der Waals surface area contributed by atoms with Gasteiger partial charge in [-0.3, -0.25) is 19.7 Å². The number of fused-ring (bicyclic) bond motifs is 1. The molecular formula is C10H9N4O4. The molecule has 0 aliphatic heterocycles. The molecule has 0 bridgehead atoms. The molecule has 0 aliphatic carbocycles. The Hall–Kier alpha value is -2.48. The smallest absolute Gasteiger partial charge is 0.314 e. The Morgan fingerprint density at radius 1 is 1.28 bits per heavy atom. The van der Waals surface area contributed by atoms with Crippen LogP contribution in [0, 0.1) is 17.2 Å². The lowest BCUT2D eigenvalue weighted by Crippen LogP contribution is -2.29. The van der Waals surface area contributed by atoms with Gasteiger partial charge in [-0.2, -0.15) is 0 Å². The highest BCUT2D eigenvalue weighted by Crippen LogP contribution is 2.21. The number of hydrogen-bond acceptors (Lipinski definition) is 5. The molecule has 0 amide bonds. The largest absolute Gasteiger partial charge is 0.316 e. The zero-order valence-electron chi connectivity index (χ0n) is 9.15. The van der Waals surface area contributed by atoms with E-state index in [0.717, 1.165) is 0 Å². The highest BCUT2D eigenvalue weighted by atomic mass is 16.6. The maximum Gasteiger partial charge on any atom is 0.314 e. The summed E-state index contributed by atoms with van der Waals surface area (Å²) < 4.78 is 0. The number of nitrogens with one attached hydrogen (secondary N) is 3. The van der Waals surface area contributed by atoms with Crippen LogP contribution in [0.3, 0.4) is 0 Å². The van der Waals surface area contributed by atoms with E-state index in [2.05, 4.69) is 22.3 Å². The van der Waals surface area contributed by atoms with Crippen molar-refractivity contribution in [1.82, 2.24) is 15.3 Å². The maximum absolute atomic E-state index is 11.2. The minimum atomic E-state index is -0.850. The van der Waals surface area contributed by atoms with Crippen LogP contribution in [0.5, 0.6) is 0 Å². The van der Waals surface area contributed by atoms with E-state index in [4.69, 9.17) is 0 Å². The Balaban J connectivity index is 2.85. The summed E-state index contributed by atoms with van der Waals surface area (Å²) in [5.74, 6) is 0. The molecule has 1 radical (unpaired) electrons. The number of aromatic amines is 2. The Morgan fingerprint density at radius 2 is 1.94 bits per heavy atom. The van der Waals surface area contributed by atoms with Gasteiger partial charge in [0.15, 0.2) is 0 Å². The highest BCUT2D eigenvalue weighted by molar-refractivity contribution is 5.80. The van der Waals surface area contributed by atoms with Crippen LogP contribution in [-0.2, 0) is 6.54 Å². The molecular weight excluding hydrogens is 240 g/mol. The van der Waals surface area contributed by atoms with Gasteiger partial charge in [0.05, 0.1) is 16.0 Å². The first-order chi connectivity index (χ1) is 8.52. The van der Waals surface area contributed by atoms with Crippen molar-refractivity contribution in [3.05, 3.63) is 55.6 Å². The number of nitro groups is 1. The fourth-order valence-corrected chi connectivity index (χ4v) is 1.66. The average Bonchev–Trinajstić information content (AvgIpc) is 2.31. The first kappa shape index (κ1) is 12.0. The summed E-state index contributed by atoms with van der Waals surface area (Å²) in [6.07, 6.45) is 0. The predicted molar refractivity (Wildman–Crippen MR) is 64.0 cm³/mol. The molecule has 1 aromatic heterocycles. The van der Waals surface area contributed by atoms with E-state index in [1.54, 1.807) is 0 Å². The van der Waals surface area contributed by atoms with Crippen LogP contribution in [0.2, 0.25) is 0 Å². The highest BCUT2D eigenvalue weighted by Gasteiger charge is 2.13. The van der Waals surface area contributed by atoms with E-state index >= 15 is 0 Å². The summed E-state index contributed by atoms with van der Waals surface area (Å²) in [5, 5.41) is 13.3. The number of non-ortho nitro benzene ring substituents is 1. The number of nitrogens with zero attached hydrogens (tertiary/aromatic N) is 1. The molecule has 0 saturated carbocycles. The first-order valence-electron chi connectivity index (χ1n) is 4.96. The number of nitro benzene ring substituents is 1. The van der Waals surface area contributed by atoms with Gasteiger partial charge in [-0.1, -0.05) is 0 Å². The third-order valence-electron chi connectivity index (χ3n) is 2.42. The van der Waals surface area contributed by atoms with E-state index in [9.17, 15) is 19.7 Å². The molecule has 3 N–H and O–H groups in total. The van der Waals surface area contributed by atoms with Crippen LogP contribution < -0.4 is 16.4 Å². The fraction of sp³-hybridized carbons (Fsp3) is 0.100. The Kier molecular flexibility index (Phi) is 2.94. The summed E-state index contributed by atoms with van der Waals surface area (Å²) in [5.41, 5.74) is -0.795. The molecule has 0 saturated heterocycles. The molecule has 0 spiro atoms. The normalized spacial score (nSPS) is 10.7. The quantitative estimate of drug-likeness (QED) is 0.402. The standard InChI is InChI=1S/C10H9N4O4/c1-11-4-5-2-6(14(17)18)3-7-8(5)13-10(16)9(15)12-7/h2-3,11H,1,4H2,(H,12,15)(H,13,16). The van der Waals surface area contributed by atoms with Crippen molar-refractivity contribution >= 4 is 16.7 Å². The van der Waals surface area contributed by atoms with Gasteiger partial charge in [-0.05, 0) is 5.56 Å². The SMILES string of the molecule is [CH2]NCc1cc([N+](=O)[O-])cc2[nH]c(=O)c(=O)[nH]c12. The molecule has 2 aromatic rings. The van der Waals surface area contributed by atoms with E-state index in [1.807, 2.05) is 0 Å². The number of hydrogen-bond donors (Lipinski definition) is 3. The number of aromatic nitrogens is 2. The van der Waals surface area contributed by atoms with Crippen LogP contribution in [0.15, 0.2) is 21.7 Å².